The van der Waals surface area contributed by atoms with Crippen molar-refractivity contribution in [3.63, 3.8) is 0 Å². The number of thiophene rings is 1. The van der Waals surface area contributed by atoms with E-state index in [1.54, 1.807) is 16.2 Å². The Morgan fingerprint density at radius 3 is 2.67 bits per heavy atom. The topological polar surface area (TPSA) is 55.8 Å². The van der Waals surface area contributed by atoms with Crippen molar-refractivity contribution >= 4 is 17.4 Å². The third kappa shape index (κ3) is 5.65. The maximum absolute atomic E-state index is 12.3. The molecule has 1 atom stereocenters. The number of carbonyl (C=O) groups excluding carboxylic acids is 1. The highest BCUT2D eigenvalue weighted by molar-refractivity contribution is 7.10. The summed E-state index contributed by atoms with van der Waals surface area (Å²) in [5.74, 6) is 0. The molecule has 1 rings (SSSR count). The number of hydrogen-bond donors (Lipinski definition) is 2. The van der Waals surface area contributed by atoms with Gasteiger partial charge in [0, 0.05) is 24.0 Å². The molecule has 5 nitrogen and oxygen atoms in total. The molecule has 6 heteroatoms. The van der Waals surface area contributed by atoms with E-state index in [9.17, 15) is 4.79 Å². The van der Waals surface area contributed by atoms with Gasteiger partial charge in [0.2, 0.25) is 0 Å². The van der Waals surface area contributed by atoms with Gasteiger partial charge in [0.25, 0.3) is 0 Å². The van der Waals surface area contributed by atoms with Crippen molar-refractivity contribution in [2.45, 2.75) is 32.9 Å². The van der Waals surface area contributed by atoms with Crippen molar-refractivity contribution in [2.24, 2.45) is 0 Å². The van der Waals surface area contributed by atoms with Crippen LogP contribution in [0.5, 0.6) is 0 Å². The Morgan fingerprint density at radius 1 is 1.48 bits per heavy atom. The van der Waals surface area contributed by atoms with Gasteiger partial charge in [-0.15, -0.1) is 11.3 Å². The van der Waals surface area contributed by atoms with Gasteiger partial charge >= 0.3 is 6.03 Å². The molecular weight excluding hydrogens is 286 g/mol. The summed E-state index contributed by atoms with van der Waals surface area (Å²) < 4.78 is 0. The van der Waals surface area contributed by atoms with Crippen LogP contribution in [0.15, 0.2) is 11.4 Å². The Balaban J connectivity index is 2.59. The average molecular weight is 313 g/mol. The molecule has 0 aliphatic rings. The van der Waals surface area contributed by atoms with Crippen molar-refractivity contribution in [1.82, 2.24) is 15.1 Å². The molecule has 120 valence electrons. The zero-order valence-electron chi connectivity index (χ0n) is 13.4. The first kappa shape index (κ1) is 17.9. The van der Waals surface area contributed by atoms with Crippen molar-refractivity contribution in [3.8, 4) is 0 Å². The van der Waals surface area contributed by atoms with Crippen LogP contribution in [0.2, 0.25) is 0 Å². The summed E-state index contributed by atoms with van der Waals surface area (Å²) in [6.45, 7) is 5.64. The number of hydrogen-bond acceptors (Lipinski definition) is 4. The van der Waals surface area contributed by atoms with Gasteiger partial charge in [0.1, 0.15) is 0 Å². The molecule has 0 fully saturated rings. The van der Waals surface area contributed by atoms with E-state index in [1.807, 2.05) is 32.5 Å². The van der Waals surface area contributed by atoms with Crippen LogP contribution in [0.3, 0.4) is 0 Å². The summed E-state index contributed by atoms with van der Waals surface area (Å²) in [5, 5.41) is 14.2. The molecule has 0 aliphatic carbocycles. The molecule has 1 heterocycles. The van der Waals surface area contributed by atoms with Gasteiger partial charge in [-0.25, -0.2) is 4.79 Å². The predicted molar refractivity (Wildman–Crippen MR) is 87.7 cm³/mol. The van der Waals surface area contributed by atoms with E-state index < -0.39 is 0 Å². The van der Waals surface area contributed by atoms with Crippen LogP contribution in [-0.2, 0) is 6.54 Å². The van der Waals surface area contributed by atoms with E-state index >= 15 is 0 Å². The minimum absolute atomic E-state index is 0.0251. The molecule has 1 aromatic heterocycles. The van der Waals surface area contributed by atoms with Crippen LogP contribution >= 0.6 is 11.3 Å². The quantitative estimate of drug-likeness (QED) is 0.771. The first-order chi connectivity index (χ1) is 9.99. The lowest BCUT2D eigenvalue weighted by Gasteiger charge is -2.26. The molecule has 2 N–H and O–H groups in total. The maximum atomic E-state index is 12.3. The van der Waals surface area contributed by atoms with Crippen LogP contribution in [0.1, 0.15) is 23.8 Å². The smallest absolute Gasteiger partial charge is 0.317 e. The number of aryl methyl sites for hydroxylation is 1. The standard InChI is InChI=1S/C15H27N3O2S/c1-5-13(17(3)4)10-16-15(20)18(7-8-19)11-14-12(2)6-9-21-14/h6,9,13,19H,5,7-8,10-11H2,1-4H3,(H,16,20)/t13-/m1/s1. The number of aliphatic hydroxyl groups excluding tert-OH is 1. The second-order valence-corrected chi connectivity index (χ2v) is 6.38. The summed E-state index contributed by atoms with van der Waals surface area (Å²) in [6.07, 6.45) is 0.983. The Bertz CT molecular complexity index is 434. The zero-order chi connectivity index (χ0) is 15.8. The Labute approximate surface area is 131 Å². The van der Waals surface area contributed by atoms with E-state index in [-0.39, 0.29) is 12.6 Å². The van der Waals surface area contributed by atoms with Gasteiger partial charge in [0.05, 0.1) is 13.2 Å². The molecule has 0 spiro atoms. The van der Waals surface area contributed by atoms with Crippen molar-refractivity contribution in [3.05, 3.63) is 21.9 Å². The van der Waals surface area contributed by atoms with Gasteiger partial charge in [-0.1, -0.05) is 6.92 Å². The molecule has 2 amide bonds. The number of urea groups is 1. The highest BCUT2D eigenvalue weighted by Gasteiger charge is 2.17. The molecule has 1 aromatic rings. The van der Waals surface area contributed by atoms with Crippen LogP contribution in [-0.4, -0.2) is 60.8 Å². The first-order valence-corrected chi connectivity index (χ1v) is 8.20. The lowest BCUT2D eigenvalue weighted by molar-refractivity contribution is 0.170. The number of amides is 2. The lowest BCUT2D eigenvalue weighted by atomic mass is 10.2. The van der Waals surface area contributed by atoms with Gasteiger partial charge in [-0.3, -0.25) is 0 Å². The molecule has 0 aromatic carbocycles. The van der Waals surface area contributed by atoms with Gasteiger partial charge in [-0.05, 0) is 44.4 Å². The molecule has 0 bridgehead atoms. The SMILES string of the molecule is CC[C@H](CNC(=O)N(CCO)Cc1sccc1C)N(C)C. The summed E-state index contributed by atoms with van der Waals surface area (Å²) in [5.41, 5.74) is 1.19. The van der Waals surface area contributed by atoms with E-state index in [4.69, 9.17) is 5.11 Å². The second kappa shape index (κ2) is 9.02. The van der Waals surface area contributed by atoms with E-state index in [1.165, 1.54) is 10.4 Å². The van der Waals surface area contributed by atoms with E-state index in [0.717, 1.165) is 6.42 Å². The predicted octanol–water partition coefficient (Wildman–Crippen LogP) is 1.90. The monoisotopic (exact) mass is 313 g/mol. The number of nitrogens with one attached hydrogen (secondary N) is 1. The molecule has 0 unspecified atom stereocenters. The van der Waals surface area contributed by atoms with Gasteiger partial charge < -0.3 is 20.2 Å². The fraction of sp³-hybridized carbons (Fsp3) is 0.667. The molecule has 0 saturated carbocycles. The Kier molecular flexibility index (Phi) is 7.71. The largest absolute Gasteiger partial charge is 0.395 e. The number of carbonyl (C=O) groups is 1. The summed E-state index contributed by atoms with van der Waals surface area (Å²) in [7, 11) is 4.03. The Hall–Kier alpha value is -1.11. The summed E-state index contributed by atoms with van der Waals surface area (Å²) in [4.78, 5) is 17.2. The third-order valence-corrected chi connectivity index (χ3v) is 4.66. The Morgan fingerprint density at radius 2 is 2.19 bits per heavy atom. The number of nitrogens with zero attached hydrogens (tertiary/aromatic N) is 2. The normalized spacial score (nSPS) is 12.5. The van der Waals surface area contributed by atoms with E-state index in [0.29, 0.717) is 25.7 Å². The molecule has 0 radical (unpaired) electrons. The minimum Gasteiger partial charge on any atom is -0.395 e. The molecule has 21 heavy (non-hydrogen) atoms. The number of likely N-dealkylation sites (N-methyl/N-ethyl adjacent to an activating group) is 1. The average Bonchev–Trinajstić information content (AvgIpc) is 2.84. The zero-order valence-corrected chi connectivity index (χ0v) is 14.2. The highest BCUT2D eigenvalue weighted by Crippen LogP contribution is 2.17. The van der Waals surface area contributed by atoms with Crippen LogP contribution in [0, 0.1) is 6.92 Å². The third-order valence-electron chi connectivity index (χ3n) is 3.65. The fourth-order valence-electron chi connectivity index (χ4n) is 2.12. The molecule has 0 saturated heterocycles. The molecule has 0 aliphatic heterocycles. The van der Waals surface area contributed by atoms with Crippen molar-refractivity contribution < 1.29 is 9.90 Å². The second-order valence-electron chi connectivity index (χ2n) is 5.38. The van der Waals surface area contributed by atoms with Crippen LogP contribution in [0.25, 0.3) is 0 Å². The summed E-state index contributed by atoms with van der Waals surface area (Å²) >= 11 is 1.64. The highest BCUT2D eigenvalue weighted by atomic mass is 32.1. The van der Waals surface area contributed by atoms with Crippen LogP contribution in [0.4, 0.5) is 4.79 Å². The maximum Gasteiger partial charge on any atom is 0.317 e. The minimum atomic E-state index is -0.114. The summed E-state index contributed by atoms with van der Waals surface area (Å²) in [6, 6.07) is 2.26. The molecular formula is C15H27N3O2S. The number of aliphatic hydroxyl groups is 1. The number of rotatable bonds is 8. The fourth-order valence-corrected chi connectivity index (χ4v) is 3.04. The van der Waals surface area contributed by atoms with Gasteiger partial charge in [0.15, 0.2) is 0 Å². The van der Waals surface area contributed by atoms with Crippen molar-refractivity contribution in [2.75, 3.05) is 33.8 Å². The lowest BCUT2D eigenvalue weighted by Crippen LogP contribution is -2.46. The van der Waals surface area contributed by atoms with Crippen molar-refractivity contribution in [1.29, 1.82) is 0 Å². The first-order valence-electron chi connectivity index (χ1n) is 7.32. The van der Waals surface area contributed by atoms with Crippen LogP contribution < -0.4 is 5.32 Å². The van der Waals surface area contributed by atoms with Gasteiger partial charge in [-0.2, -0.15) is 0 Å². The van der Waals surface area contributed by atoms with E-state index in [2.05, 4.69) is 17.1 Å².